The van der Waals surface area contributed by atoms with Gasteiger partial charge >= 0.3 is 0 Å². The highest BCUT2D eigenvalue weighted by Crippen LogP contribution is 2.26. The van der Waals surface area contributed by atoms with Crippen molar-refractivity contribution in [2.75, 3.05) is 27.2 Å². The molecule has 0 saturated carbocycles. The van der Waals surface area contributed by atoms with Gasteiger partial charge in [-0.15, -0.1) is 0 Å². The molecule has 106 valence electrons. The van der Waals surface area contributed by atoms with Crippen LogP contribution in [0.15, 0.2) is 29.2 Å². The van der Waals surface area contributed by atoms with Crippen LogP contribution in [0.1, 0.15) is 12.8 Å². The molecule has 1 unspecified atom stereocenters. The van der Waals surface area contributed by atoms with Crippen LogP contribution in [0, 0.1) is 5.82 Å². The quantitative estimate of drug-likeness (QED) is 0.843. The summed E-state index contributed by atoms with van der Waals surface area (Å²) in [7, 11) is 0.353. The Kier molecular flexibility index (Phi) is 4.23. The van der Waals surface area contributed by atoms with Crippen molar-refractivity contribution in [2.24, 2.45) is 0 Å². The molecule has 1 fully saturated rings. The van der Waals surface area contributed by atoms with Crippen molar-refractivity contribution >= 4 is 10.0 Å². The molecule has 1 saturated heterocycles. The standard InChI is InChI=1S/C13H19FN2O2S/c1-15(2)10-12-4-3-9-16(12)19(17,18)13-7-5-11(14)6-8-13/h5-8,12H,3-4,9-10H2,1-2H3. The first kappa shape index (κ1) is 14.4. The molecule has 1 atom stereocenters. The molecule has 0 radical (unpaired) electrons. The topological polar surface area (TPSA) is 40.6 Å². The Morgan fingerprint density at radius 2 is 1.95 bits per heavy atom. The number of hydrogen-bond acceptors (Lipinski definition) is 3. The molecule has 4 nitrogen and oxygen atoms in total. The van der Waals surface area contributed by atoms with E-state index in [4.69, 9.17) is 0 Å². The highest BCUT2D eigenvalue weighted by molar-refractivity contribution is 7.89. The molecule has 1 aliphatic rings. The van der Waals surface area contributed by atoms with Gasteiger partial charge in [-0.1, -0.05) is 0 Å². The maximum atomic E-state index is 12.9. The molecular formula is C13H19FN2O2S. The van der Waals surface area contributed by atoms with Gasteiger partial charge in [-0.05, 0) is 51.2 Å². The van der Waals surface area contributed by atoms with Crippen LogP contribution in [-0.2, 0) is 10.0 Å². The average Bonchev–Trinajstić information content (AvgIpc) is 2.77. The molecular weight excluding hydrogens is 267 g/mol. The van der Waals surface area contributed by atoms with Gasteiger partial charge in [-0.25, -0.2) is 12.8 Å². The van der Waals surface area contributed by atoms with Crippen molar-refractivity contribution in [3.8, 4) is 0 Å². The number of rotatable bonds is 4. The summed E-state index contributed by atoms with van der Waals surface area (Å²) in [5.41, 5.74) is 0. The number of benzene rings is 1. The van der Waals surface area contributed by atoms with Gasteiger partial charge < -0.3 is 4.90 Å². The summed E-state index contributed by atoms with van der Waals surface area (Å²) in [6.45, 7) is 1.25. The molecule has 1 aromatic rings. The molecule has 2 rings (SSSR count). The average molecular weight is 286 g/mol. The Labute approximate surface area is 113 Å². The molecule has 0 spiro atoms. The van der Waals surface area contributed by atoms with Gasteiger partial charge in [-0.2, -0.15) is 4.31 Å². The van der Waals surface area contributed by atoms with Crippen LogP contribution >= 0.6 is 0 Å². The van der Waals surface area contributed by atoms with E-state index in [1.165, 1.54) is 24.3 Å². The fourth-order valence-electron chi connectivity index (χ4n) is 2.47. The lowest BCUT2D eigenvalue weighted by Crippen LogP contribution is -2.41. The van der Waals surface area contributed by atoms with Gasteiger partial charge in [0.05, 0.1) is 4.90 Å². The smallest absolute Gasteiger partial charge is 0.243 e. The molecule has 19 heavy (non-hydrogen) atoms. The minimum atomic E-state index is -3.51. The Balaban J connectivity index is 2.25. The van der Waals surface area contributed by atoms with Crippen LogP contribution in [0.25, 0.3) is 0 Å². The van der Waals surface area contributed by atoms with Crippen LogP contribution in [0.4, 0.5) is 4.39 Å². The first-order valence-corrected chi connectivity index (χ1v) is 7.77. The Morgan fingerprint density at radius 3 is 2.53 bits per heavy atom. The van der Waals surface area contributed by atoms with Crippen molar-refractivity contribution in [2.45, 2.75) is 23.8 Å². The molecule has 1 heterocycles. The third-order valence-corrected chi connectivity index (χ3v) is 5.29. The van der Waals surface area contributed by atoms with Gasteiger partial charge in [0.15, 0.2) is 0 Å². The van der Waals surface area contributed by atoms with E-state index in [9.17, 15) is 12.8 Å². The molecule has 1 aromatic carbocycles. The summed E-state index contributed by atoms with van der Waals surface area (Å²) in [6.07, 6.45) is 1.75. The molecule has 0 amide bonds. The third-order valence-electron chi connectivity index (χ3n) is 3.32. The normalized spacial score (nSPS) is 21.2. The monoisotopic (exact) mass is 286 g/mol. The summed E-state index contributed by atoms with van der Waals surface area (Å²) in [4.78, 5) is 2.16. The maximum Gasteiger partial charge on any atom is 0.243 e. The third kappa shape index (κ3) is 3.13. The second kappa shape index (κ2) is 5.56. The first-order valence-electron chi connectivity index (χ1n) is 6.33. The van der Waals surface area contributed by atoms with E-state index in [1.807, 2.05) is 19.0 Å². The van der Waals surface area contributed by atoms with Crippen LogP contribution in [0.5, 0.6) is 0 Å². The van der Waals surface area contributed by atoms with Crippen LogP contribution in [0.2, 0.25) is 0 Å². The lowest BCUT2D eigenvalue weighted by molar-refractivity contribution is 0.291. The van der Waals surface area contributed by atoms with E-state index in [0.29, 0.717) is 13.1 Å². The van der Waals surface area contributed by atoms with Gasteiger partial charge in [0.25, 0.3) is 0 Å². The number of halogens is 1. The van der Waals surface area contributed by atoms with Crippen LogP contribution in [0.3, 0.4) is 0 Å². The SMILES string of the molecule is CN(C)CC1CCCN1S(=O)(=O)c1ccc(F)cc1. The molecule has 0 aromatic heterocycles. The van der Waals surface area contributed by atoms with Crippen molar-refractivity contribution < 1.29 is 12.8 Å². The minimum absolute atomic E-state index is 0.00468. The van der Waals surface area contributed by atoms with Crippen molar-refractivity contribution in [1.29, 1.82) is 0 Å². The number of nitrogens with zero attached hydrogens (tertiary/aromatic N) is 2. The van der Waals surface area contributed by atoms with E-state index in [1.54, 1.807) is 4.31 Å². The molecule has 0 aliphatic carbocycles. The zero-order chi connectivity index (χ0) is 14.0. The molecule has 1 aliphatic heterocycles. The predicted molar refractivity (Wildman–Crippen MR) is 71.9 cm³/mol. The first-order chi connectivity index (χ1) is 8.91. The van der Waals surface area contributed by atoms with E-state index in [-0.39, 0.29) is 10.9 Å². The summed E-state index contributed by atoms with van der Waals surface area (Å²) < 4.78 is 39.5. The van der Waals surface area contributed by atoms with Crippen molar-refractivity contribution in [3.63, 3.8) is 0 Å². The Morgan fingerprint density at radius 1 is 1.32 bits per heavy atom. The fraction of sp³-hybridized carbons (Fsp3) is 0.538. The minimum Gasteiger partial charge on any atom is -0.308 e. The highest BCUT2D eigenvalue weighted by Gasteiger charge is 2.35. The van der Waals surface area contributed by atoms with E-state index >= 15 is 0 Å². The van der Waals surface area contributed by atoms with Gasteiger partial charge in [0, 0.05) is 19.1 Å². The molecule has 0 bridgehead atoms. The molecule has 0 N–H and O–H groups in total. The number of sulfonamides is 1. The summed E-state index contributed by atoms with van der Waals surface area (Å²) >= 11 is 0. The van der Waals surface area contributed by atoms with Crippen molar-refractivity contribution in [3.05, 3.63) is 30.1 Å². The number of likely N-dealkylation sites (N-methyl/N-ethyl adjacent to an activating group) is 1. The van der Waals surface area contributed by atoms with Gasteiger partial charge in [0.1, 0.15) is 5.82 Å². The molecule has 6 heteroatoms. The fourth-order valence-corrected chi connectivity index (χ4v) is 4.16. The zero-order valence-corrected chi connectivity index (χ0v) is 12.0. The zero-order valence-electron chi connectivity index (χ0n) is 11.2. The van der Waals surface area contributed by atoms with Crippen LogP contribution < -0.4 is 0 Å². The van der Waals surface area contributed by atoms with E-state index in [2.05, 4.69) is 0 Å². The largest absolute Gasteiger partial charge is 0.308 e. The lowest BCUT2D eigenvalue weighted by Gasteiger charge is -2.26. The second-order valence-electron chi connectivity index (χ2n) is 5.13. The van der Waals surface area contributed by atoms with E-state index in [0.717, 1.165) is 12.8 Å². The van der Waals surface area contributed by atoms with Crippen molar-refractivity contribution in [1.82, 2.24) is 9.21 Å². The Hall–Kier alpha value is -0.980. The Bertz CT molecular complexity index is 528. The van der Waals surface area contributed by atoms with Crippen LogP contribution in [-0.4, -0.2) is 50.8 Å². The van der Waals surface area contributed by atoms with E-state index < -0.39 is 15.8 Å². The summed E-state index contributed by atoms with van der Waals surface area (Å²) in [5, 5.41) is 0. The summed E-state index contributed by atoms with van der Waals surface area (Å²) in [6, 6.07) is 5.03. The van der Waals surface area contributed by atoms with Gasteiger partial charge in [0.2, 0.25) is 10.0 Å². The lowest BCUT2D eigenvalue weighted by atomic mass is 10.2. The second-order valence-corrected chi connectivity index (χ2v) is 7.02. The number of hydrogen-bond donors (Lipinski definition) is 0. The maximum absolute atomic E-state index is 12.9. The predicted octanol–water partition coefficient (Wildman–Crippen LogP) is 1.54. The summed E-state index contributed by atoms with van der Waals surface area (Å²) in [5.74, 6) is -0.426. The van der Waals surface area contributed by atoms with Gasteiger partial charge in [-0.3, -0.25) is 0 Å². The highest BCUT2D eigenvalue weighted by atomic mass is 32.2.